The summed E-state index contributed by atoms with van der Waals surface area (Å²) in [6, 6.07) is 16.4. The smallest absolute Gasteiger partial charge is 0.140 e. The van der Waals surface area contributed by atoms with E-state index in [9.17, 15) is 9.50 Å². The Balaban J connectivity index is 2.10. The molecule has 0 unspecified atom stereocenters. The minimum Gasteiger partial charge on any atom is -0.508 e. The van der Waals surface area contributed by atoms with Crippen LogP contribution in [-0.2, 0) is 12.3 Å². The van der Waals surface area contributed by atoms with Gasteiger partial charge in [0.15, 0.2) is 0 Å². The maximum Gasteiger partial charge on any atom is 0.140 e. The highest BCUT2D eigenvalue weighted by molar-refractivity contribution is 6.01. The first-order valence-electron chi connectivity index (χ1n) is 9.22. The van der Waals surface area contributed by atoms with Crippen LogP contribution in [0.15, 0.2) is 54.6 Å². The molecule has 3 aromatic rings. The van der Waals surface area contributed by atoms with Crippen molar-refractivity contribution in [2.45, 2.75) is 44.4 Å². The van der Waals surface area contributed by atoms with Gasteiger partial charge in [0.2, 0.25) is 0 Å². The van der Waals surface area contributed by atoms with Crippen LogP contribution in [0.5, 0.6) is 5.75 Å². The Morgan fingerprint density at radius 1 is 0.923 bits per heavy atom. The Kier molecular flexibility index (Phi) is 4.39. The van der Waals surface area contributed by atoms with Crippen LogP contribution in [0.3, 0.4) is 0 Å². The molecule has 0 amide bonds. The number of benzene rings is 3. The molecule has 0 aliphatic heterocycles. The predicted molar refractivity (Wildman–Crippen MR) is 102 cm³/mol. The van der Waals surface area contributed by atoms with Gasteiger partial charge in [-0.15, -0.1) is 0 Å². The van der Waals surface area contributed by atoms with E-state index in [0.717, 1.165) is 30.0 Å². The van der Waals surface area contributed by atoms with E-state index in [1.807, 2.05) is 36.4 Å². The third-order valence-electron chi connectivity index (χ3n) is 5.55. The summed E-state index contributed by atoms with van der Waals surface area (Å²) in [6.45, 7) is -0.626. The lowest BCUT2D eigenvalue weighted by Crippen LogP contribution is -2.24. The molecule has 0 spiro atoms. The van der Waals surface area contributed by atoms with Crippen molar-refractivity contribution in [1.29, 1.82) is 0 Å². The third kappa shape index (κ3) is 2.76. The Hall–Kier alpha value is -2.42. The molecule has 134 valence electrons. The molecule has 0 atom stereocenters. The van der Waals surface area contributed by atoms with Crippen LogP contribution in [0, 0.1) is 0 Å². The van der Waals surface area contributed by atoms with Crippen LogP contribution in [0.25, 0.3) is 21.9 Å². The van der Waals surface area contributed by atoms with Gasteiger partial charge in [-0.1, -0.05) is 55.0 Å². The second kappa shape index (κ2) is 6.71. The number of alkyl halides is 2. The Morgan fingerprint density at radius 2 is 1.62 bits per heavy atom. The monoisotopic (exact) mass is 352 g/mol. The topological polar surface area (TPSA) is 20.2 Å². The normalized spacial score (nSPS) is 16.7. The number of phenols is 1. The van der Waals surface area contributed by atoms with Crippen molar-refractivity contribution in [2.75, 3.05) is 0 Å². The maximum atomic E-state index is 16.0. The summed E-state index contributed by atoms with van der Waals surface area (Å²) in [5.74, 6) is -0.0308. The zero-order valence-corrected chi connectivity index (χ0v) is 14.6. The van der Waals surface area contributed by atoms with E-state index in [1.54, 1.807) is 18.2 Å². The van der Waals surface area contributed by atoms with Gasteiger partial charge in [-0.05, 0) is 59.2 Å². The van der Waals surface area contributed by atoms with Gasteiger partial charge >= 0.3 is 0 Å². The highest BCUT2D eigenvalue weighted by atomic mass is 19.1. The van der Waals surface area contributed by atoms with Crippen LogP contribution in [-0.4, -0.2) is 5.11 Å². The van der Waals surface area contributed by atoms with Gasteiger partial charge in [0.25, 0.3) is 0 Å². The maximum absolute atomic E-state index is 16.0. The number of rotatable bonds is 3. The van der Waals surface area contributed by atoms with Gasteiger partial charge in [0.1, 0.15) is 18.1 Å². The molecule has 1 aliphatic carbocycles. The highest BCUT2D eigenvalue weighted by Crippen LogP contribution is 2.51. The molecule has 0 aromatic heterocycles. The molecule has 26 heavy (non-hydrogen) atoms. The highest BCUT2D eigenvalue weighted by Gasteiger charge is 2.39. The van der Waals surface area contributed by atoms with Gasteiger partial charge in [0, 0.05) is 5.56 Å². The number of hydrogen-bond donors (Lipinski definition) is 1. The largest absolute Gasteiger partial charge is 0.508 e. The minimum absolute atomic E-state index is 0.0308. The van der Waals surface area contributed by atoms with Crippen molar-refractivity contribution < 1.29 is 13.9 Å². The summed E-state index contributed by atoms with van der Waals surface area (Å²) in [4.78, 5) is 0. The fourth-order valence-corrected chi connectivity index (χ4v) is 4.31. The zero-order valence-electron chi connectivity index (χ0n) is 14.6. The van der Waals surface area contributed by atoms with E-state index in [4.69, 9.17) is 0 Å². The van der Waals surface area contributed by atoms with Gasteiger partial charge in [0.05, 0.1) is 0 Å². The lowest BCUT2D eigenvalue weighted by Gasteiger charge is -2.33. The number of phenolic OH excluding ortho intramolecular Hbond substituents is 1. The molecule has 1 fully saturated rings. The van der Waals surface area contributed by atoms with Crippen LogP contribution >= 0.6 is 0 Å². The van der Waals surface area contributed by atoms with Gasteiger partial charge < -0.3 is 5.11 Å². The first kappa shape index (κ1) is 17.0. The van der Waals surface area contributed by atoms with Crippen molar-refractivity contribution in [3.63, 3.8) is 0 Å². The molecule has 3 aromatic carbocycles. The fourth-order valence-electron chi connectivity index (χ4n) is 4.31. The Bertz CT molecular complexity index is 942. The van der Waals surface area contributed by atoms with Crippen molar-refractivity contribution in [1.82, 2.24) is 0 Å². The number of hydrogen-bond acceptors (Lipinski definition) is 1. The molecule has 1 saturated carbocycles. The Labute approximate surface area is 152 Å². The van der Waals surface area contributed by atoms with Crippen molar-refractivity contribution >= 4 is 10.8 Å². The molecular weight excluding hydrogens is 330 g/mol. The second-order valence-corrected chi connectivity index (χ2v) is 7.18. The summed E-state index contributed by atoms with van der Waals surface area (Å²) >= 11 is 0. The van der Waals surface area contributed by atoms with Gasteiger partial charge in [-0.25, -0.2) is 8.78 Å². The molecule has 4 rings (SSSR count). The summed E-state index contributed by atoms with van der Waals surface area (Å²) in [6.07, 6.45) is 3.39. The van der Waals surface area contributed by atoms with E-state index in [0.29, 0.717) is 35.1 Å². The molecule has 0 saturated heterocycles. The van der Waals surface area contributed by atoms with E-state index >= 15 is 4.39 Å². The summed E-state index contributed by atoms with van der Waals surface area (Å²) in [7, 11) is 0. The summed E-state index contributed by atoms with van der Waals surface area (Å²) < 4.78 is 29.7. The molecular formula is C23H22F2O. The molecule has 0 radical (unpaired) electrons. The SMILES string of the molecule is Oc1cc2ccccc2c(-c2ccccc2CF)c1C1(F)CCCCC1. The molecule has 0 heterocycles. The first-order chi connectivity index (χ1) is 12.6. The van der Waals surface area contributed by atoms with Crippen LogP contribution in [0.4, 0.5) is 8.78 Å². The number of fused-ring (bicyclic) bond motifs is 1. The Morgan fingerprint density at radius 3 is 2.38 bits per heavy atom. The molecule has 1 nitrogen and oxygen atoms in total. The quantitative estimate of drug-likeness (QED) is 0.549. The average Bonchev–Trinajstić information content (AvgIpc) is 2.67. The van der Waals surface area contributed by atoms with Crippen LogP contribution in [0.1, 0.15) is 43.2 Å². The fraction of sp³-hybridized carbons (Fsp3) is 0.304. The lowest BCUT2D eigenvalue weighted by molar-refractivity contribution is 0.103. The molecule has 3 heteroatoms. The van der Waals surface area contributed by atoms with Crippen LogP contribution in [0.2, 0.25) is 0 Å². The van der Waals surface area contributed by atoms with Crippen LogP contribution < -0.4 is 0 Å². The van der Waals surface area contributed by atoms with E-state index in [-0.39, 0.29) is 5.75 Å². The predicted octanol–water partition coefficient (Wildman–Crippen LogP) is 6.81. The summed E-state index contributed by atoms with van der Waals surface area (Å²) in [5, 5.41) is 12.5. The average molecular weight is 352 g/mol. The van der Waals surface area contributed by atoms with Crippen molar-refractivity contribution in [3.8, 4) is 16.9 Å². The molecule has 0 bridgehead atoms. The van der Waals surface area contributed by atoms with E-state index in [1.165, 1.54) is 0 Å². The second-order valence-electron chi connectivity index (χ2n) is 7.18. The molecule has 1 aliphatic rings. The standard InChI is InChI=1S/C23H22F2O/c24-15-17-9-3-5-11-19(17)21-18-10-4-2-8-16(18)14-20(26)22(21)23(25)12-6-1-7-13-23/h2-5,8-11,14,26H,1,6-7,12-13,15H2. The lowest BCUT2D eigenvalue weighted by atomic mass is 9.76. The van der Waals surface area contributed by atoms with E-state index in [2.05, 4.69) is 0 Å². The zero-order chi connectivity index (χ0) is 18.1. The molecule has 1 N–H and O–H groups in total. The number of halogens is 2. The summed E-state index contributed by atoms with van der Waals surface area (Å²) in [5.41, 5.74) is 0.573. The third-order valence-corrected chi connectivity index (χ3v) is 5.55. The van der Waals surface area contributed by atoms with Crippen molar-refractivity contribution in [3.05, 3.63) is 65.7 Å². The van der Waals surface area contributed by atoms with Gasteiger partial charge in [-0.3, -0.25) is 0 Å². The van der Waals surface area contributed by atoms with Gasteiger partial charge in [-0.2, -0.15) is 0 Å². The van der Waals surface area contributed by atoms with E-state index < -0.39 is 12.3 Å². The van der Waals surface area contributed by atoms with Crippen molar-refractivity contribution in [2.24, 2.45) is 0 Å². The minimum atomic E-state index is -1.58. The number of aromatic hydroxyl groups is 1. The first-order valence-corrected chi connectivity index (χ1v) is 9.22.